The van der Waals surface area contributed by atoms with Crippen molar-refractivity contribution in [2.75, 3.05) is 36.1 Å². The number of methoxy groups -OCH3 is 1. The monoisotopic (exact) mass is 416 g/mol. The molecule has 1 amide bonds. The minimum Gasteiger partial charge on any atom is -0.495 e. The van der Waals surface area contributed by atoms with E-state index >= 15 is 0 Å². The Bertz CT molecular complexity index is 1020. The summed E-state index contributed by atoms with van der Waals surface area (Å²) < 4.78 is 5.62. The van der Waals surface area contributed by atoms with Crippen LogP contribution in [0.25, 0.3) is 11.1 Å². The zero-order valence-electron chi connectivity index (χ0n) is 17.8. The summed E-state index contributed by atoms with van der Waals surface area (Å²) >= 11 is 0. The number of anilines is 3. The van der Waals surface area contributed by atoms with Crippen LogP contribution in [0.15, 0.2) is 60.8 Å². The van der Waals surface area contributed by atoms with E-state index in [2.05, 4.69) is 15.2 Å². The molecule has 3 N–H and O–H groups in total. The number of para-hydroxylation sites is 1. The third-order valence-electron chi connectivity index (χ3n) is 5.62. The second-order valence-corrected chi connectivity index (χ2v) is 7.77. The molecule has 0 unspecified atom stereocenters. The minimum absolute atomic E-state index is 0.238. The van der Waals surface area contributed by atoms with Gasteiger partial charge >= 0.3 is 0 Å². The lowest BCUT2D eigenvalue weighted by Gasteiger charge is -2.21. The number of hydrogen-bond donors (Lipinski definition) is 2. The highest BCUT2D eigenvalue weighted by molar-refractivity contribution is 6.07. The number of amides is 1. The number of hydrogen-bond acceptors (Lipinski definition) is 5. The number of aromatic nitrogens is 1. The summed E-state index contributed by atoms with van der Waals surface area (Å²) in [4.78, 5) is 19.9. The number of ether oxygens (including phenoxy) is 1. The van der Waals surface area contributed by atoms with Crippen LogP contribution in [0.3, 0.4) is 0 Å². The predicted octanol–water partition coefficient (Wildman–Crippen LogP) is 4.97. The average Bonchev–Trinajstić information content (AvgIpc) is 3.09. The maximum Gasteiger partial charge on any atom is 0.259 e. The Kier molecular flexibility index (Phi) is 6.36. The fraction of sp³-hybridized carbons (Fsp3) is 0.280. The van der Waals surface area contributed by atoms with Crippen molar-refractivity contribution in [2.45, 2.75) is 25.7 Å². The van der Waals surface area contributed by atoms with Gasteiger partial charge in [0.05, 0.1) is 24.6 Å². The number of carbonyl (C=O) groups excluding carboxylic acids is 1. The van der Waals surface area contributed by atoms with Gasteiger partial charge in [0.15, 0.2) is 0 Å². The van der Waals surface area contributed by atoms with Crippen molar-refractivity contribution in [2.24, 2.45) is 0 Å². The van der Waals surface area contributed by atoms with Crippen LogP contribution < -0.4 is 20.7 Å². The van der Waals surface area contributed by atoms with E-state index in [4.69, 9.17) is 10.5 Å². The number of rotatable bonds is 5. The molecule has 31 heavy (non-hydrogen) atoms. The van der Waals surface area contributed by atoms with Crippen molar-refractivity contribution in [3.05, 3.63) is 66.4 Å². The van der Waals surface area contributed by atoms with Crippen LogP contribution in [0.5, 0.6) is 5.75 Å². The molecule has 1 fully saturated rings. The Morgan fingerprint density at radius 2 is 1.74 bits per heavy atom. The van der Waals surface area contributed by atoms with Gasteiger partial charge in [-0.1, -0.05) is 37.1 Å². The SMILES string of the molecule is COc1c(C(=O)Nc2ccc(N3CCCCCC3)nc2)cccc1-c1ccc(N)cc1. The van der Waals surface area contributed by atoms with E-state index in [-0.39, 0.29) is 5.91 Å². The van der Waals surface area contributed by atoms with Crippen molar-refractivity contribution in [3.8, 4) is 16.9 Å². The molecular formula is C25H28N4O2. The molecule has 1 aromatic heterocycles. The third kappa shape index (κ3) is 4.79. The fourth-order valence-electron chi connectivity index (χ4n) is 3.97. The van der Waals surface area contributed by atoms with Crippen molar-refractivity contribution < 1.29 is 9.53 Å². The molecule has 1 aliphatic rings. The largest absolute Gasteiger partial charge is 0.495 e. The number of nitrogens with two attached hydrogens (primary N) is 1. The minimum atomic E-state index is -0.238. The highest BCUT2D eigenvalue weighted by atomic mass is 16.5. The number of nitrogen functional groups attached to an aromatic ring is 1. The maximum absolute atomic E-state index is 13.0. The van der Waals surface area contributed by atoms with Gasteiger partial charge in [0.25, 0.3) is 5.91 Å². The first-order valence-electron chi connectivity index (χ1n) is 10.7. The lowest BCUT2D eigenvalue weighted by molar-refractivity contribution is 0.102. The highest BCUT2D eigenvalue weighted by Crippen LogP contribution is 2.34. The first-order chi connectivity index (χ1) is 15.2. The number of benzene rings is 2. The Morgan fingerprint density at radius 3 is 2.39 bits per heavy atom. The van der Waals surface area contributed by atoms with E-state index in [1.165, 1.54) is 25.7 Å². The Balaban J connectivity index is 1.53. The molecular weight excluding hydrogens is 388 g/mol. The normalized spacial score (nSPS) is 14.0. The van der Waals surface area contributed by atoms with Gasteiger partial charge in [-0.2, -0.15) is 0 Å². The van der Waals surface area contributed by atoms with E-state index in [0.717, 1.165) is 30.0 Å². The molecule has 6 nitrogen and oxygen atoms in total. The van der Waals surface area contributed by atoms with Gasteiger partial charge in [-0.15, -0.1) is 0 Å². The van der Waals surface area contributed by atoms with Crippen LogP contribution >= 0.6 is 0 Å². The smallest absolute Gasteiger partial charge is 0.259 e. The molecule has 1 saturated heterocycles. The number of nitrogens with one attached hydrogen (secondary N) is 1. The summed E-state index contributed by atoms with van der Waals surface area (Å²) in [5.41, 5.74) is 9.38. The predicted molar refractivity (Wildman–Crippen MR) is 126 cm³/mol. The van der Waals surface area contributed by atoms with Gasteiger partial charge in [-0.05, 0) is 48.7 Å². The van der Waals surface area contributed by atoms with Gasteiger partial charge in [-0.25, -0.2) is 4.98 Å². The molecule has 2 aromatic carbocycles. The van der Waals surface area contributed by atoms with Gasteiger partial charge in [-0.3, -0.25) is 4.79 Å². The lowest BCUT2D eigenvalue weighted by Crippen LogP contribution is -2.24. The molecule has 4 rings (SSSR count). The molecule has 0 atom stereocenters. The Morgan fingerprint density at radius 1 is 1.00 bits per heavy atom. The molecule has 6 heteroatoms. The van der Waals surface area contributed by atoms with Crippen molar-refractivity contribution in [1.29, 1.82) is 0 Å². The van der Waals surface area contributed by atoms with Gasteiger partial charge < -0.3 is 20.7 Å². The van der Waals surface area contributed by atoms with Gasteiger partial charge in [0.1, 0.15) is 11.6 Å². The van der Waals surface area contributed by atoms with Crippen molar-refractivity contribution in [1.82, 2.24) is 4.98 Å². The van der Waals surface area contributed by atoms with E-state index in [9.17, 15) is 4.79 Å². The number of carbonyl (C=O) groups is 1. The van der Waals surface area contributed by atoms with Crippen LogP contribution in [0, 0.1) is 0 Å². The summed E-state index contributed by atoms with van der Waals surface area (Å²) in [5.74, 6) is 1.25. The highest BCUT2D eigenvalue weighted by Gasteiger charge is 2.17. The maximum atomic E-state index is 13.0. The zero-order valence-corrected chi connectivity index (χ0v) is 17.8. The van der Waals surface area contributed by atoms with Crippen LogP contribution in [0.2, 0.25) is 0 Å². The number of nitrogens with zero attached hydrogens (tertiary/aromatic N) is 2. The quantitative estimate of drug-likeness (QED) is 0.574. The summed E-state index contributed by atoms with van der Waals surface area (Å²) in [6.45, 7) is 2.07. The van der Waals surface area contributed by atoms with Crippen LogP contribution in [-0.2, 0) is 0 Å². The topological polar surface area (TPSA) is 80.5 Å². The fourth-order valence-corrected chi connectivity index (χ4v) is 3.97. The third-order valence-corrected chi connectivity index (χ3v) is 5.62. The summed E-state index contributed by atoms with van der Waals surface area (Å²) in [6, 6.07) is 16.9. The molecule has 0 radical (unpaired) electrons. The zero-order chi connectivity index (χ0) is 21.6. The van der Waals surface area contributed by atoms with Crippen LogP contribution in [0.4, 0.5) is 17.2 Å². The van der Waals surface area contributed by atoms with E-state index in [1.807, 2.05) is 48.5 Å². The summed E-state index contributed by atoms with van der Waals surface area (Å²) in [7, 11) is 1.57. The molecule has 0 spiro atoms. The molecule has 0 bridgehead atoms. The van der Waals surface area contributed by atoms with Crippen LogP contribution in [0.1, 0.15) is 36.0 Å². The standard InChI is InChI=1S/C25H28N4O2/c1-31-24-21(18-9-11-19(26)12-10-18)7-6-8-22(24)25(30)28-20-13-14-23(27-17-20)29-15-4-2-3-5-16-29/h6-14,17H,2-5,15-16,26H2,1H3,(H,28,30). The van der Waals surface area contributed by atoms with Gasteiger partial charge in [0, 0.05) is 24.3 Å². The first kappa shape index (κ1) is 20.7. The lowest BCUT2D eigenvalue weighted by atomic mass is 10.0. The average molecular weight is 417 g/mol. The summed E-state index contributed by atoms with van der Waals surface area (Å²) in [5, 5.41) is 2.94. The van der Waals surface area contributed by atoms with Crippen LogP contribution in [-0.4, -0.2) is 31.1 Å². The van der Waals surface area contributed by atoms with Crippen molar-refractivity contribution in [3.63, 3.8) is 0 Å². The second kappa shape index (κ2) is 9.51. The Hall–Kier alpha value is -3.54. The second-order valence-electron chi connectivity index (χ2n) is 7.77. The van der Waals surface area contributed by atoms with E-state index in [1.54, 1.807) is 19.4 Å². The Labute approximate surface area is 183 Å². The molecule has 0 aliphatic carbocycles. The van der Waals surface area contributed by atoms with Crippen molar-refractivity contribution >= 4 is 23.1 Å². The van der Waals surface area contributed by atoms with E-state index in [0.29, 0.717) is 22.7 Å². The molecule has 0 saturated carbocycles. The molecule has 1 aliphatic heterocycles. The molecule has 3 aromatic rings. The first-order valence-corrected chi connectivity index (χ1v) is 10.7. The van der Waals surface area contributed by atoms with Gasteiger partial charge in [0.2, 0.25) is 0 Å². The molecule has 160 valence electrons. The van der Waals surface area contributed by atoms with E-state index < -0.39 is 0 Å². The number of pyridine rings is 1. The molecule has 2 heterocycles. The summed E-state index contributed by atoms with van der Waals surface area (Å²) in [6.07, 6.45) is 6.67.